The van der Waals surface area contributed by atoms with Crippen molar-refractivity contribution in [1.29, 1.82) is 0 Å². The first kappa shape index (κ1) is 19.6. The highest BCUT2D eigenvalue weighted by atomic mass is 32.2. The quantitative estimate of drug-likeness (QED) is 0.533. The highest BCUT2D eigenvalue weighted by molar-refractivity contribution is 7.89. The molecule has 0 saturated carbocycles. The van der Waals surface area contributed by atoms with Crippen molar-refractivity contribution in [2.24, 2.45) is 0 Å². The number of hydrogen-bond acceptors (Lipinski definition) is 4. The molecule has 0 bridgehead atoms. The van der Waals surface area contributed by atoms with E-state index in [9.17, 15) is 13.2 Å². The number of aryl methyl sites for hydroxylation is 1. The zero-order chi connectivity index (χ0) is 19.4. The van der Waals surface area contributed by atoms with Crippen LogP contribution >= 0.6 is 0 Å². The Balaban J connectivity index is 1.93. The van der Waals surface area contributed by atoms with Gasteiger partial charge in [-0.25, -0.2) is 8.42 Å². The zero-order valence-corrected chi connectivity index (χ0v) is 16.5. The van der Waals surface area contributed by atoms with Gasteiger partial charge in [-0.3, -0.25) is 4.79 Å². The number of hydrogen-bond donors (Lipinski definition) is 0. The minimum atomic E-state index is -3.67. The summed E-state index contributed by atoms with van der Waals surface area (Å²) in [5.41, 5.74) is 2.27. The van der Waals surface area contributed by atoms with Gasteiger partial charge in [0, 0.05) is 6.54 Å². The highest BCUT2D eigenvalue weighted by Gasteiger charge is 2.44. The Hall–Kier alpha value is -2.18. The topological polar surface area (TPSA) is 63.7 Å². The summed E-state index contributed by atoms with van der Waals surface area (Å²) < 4.78 is 33.2. The van der Waals surface area contributed by atoms with E-state index in [0.717, 1.165) is 18.4 Å². The number of esters is 1. The molecule has 0 aliphatic carbocycles. The number of benzene rings is 2. The summed E-state index contributed by atoms with van der Waals surface area (Å²) in [6, 6.07) is 14.3. The third kappa shape index (κ3) is 4.06. The van der Waals surface area contributed by atoms with Crippen LogP contribution in [-0.4, -0.2) is 25.3 Å². The molecule has 1 atom stereocenters. The number of carbonyl (C=O) groups is 1. The summed E-state index contributed by atoms with van der Waals surface area (Å²) in [5, 5.41) is 0. The van der Waals surface area contributed by atoms with Gasteiger partial charge in [0.1, 0.15) is 0 Å². The van der Waals surface area contributed by atoms with Gasteiger partial charge in [0.2, 0.25) is 10.0 Å². The van der Waals surface area contributed by atoms with Crippen LogP contribution in [-0.2, 0) is 26.1 Å². The first-order chi connectivity index (χ1) is 12.9. The smallest absolute Gasteiger partial charge is 0.307 e. The van der Waals surface area contributed by atoms with Crippen molar-refractivity contribution in [3.8, 4) is 0 Å². The second kappa shape index (κ2) is 8.23. The maximum absolute atomic E-state index is 13.2. The van der Waals surface area contributed by atoms with Crippen molar-refractivity contribution in [2.45, 2.75) is 50.6 Å². The highest BCUT2D eigenvalue weighted by Crippen LogP contribution is 2.43. The normalized spacial score (nSPS) is 18.2. The average Bonchev–Trinajstić information content (AvgIpc) is 2.85. The Morgan fingerprint density at radius 3 is 2.56 bits per heavy atom. The van der Waals surface area contributed by atoms with Gasteiger partial charge in [0.25, 0.3) is 0 Å². The molecule has 0 N–H and O–H groups in total. The van der Waals surface area contributed by atoms with Gasteiger partial charge in [0.15, 0.2) is 0 Å². The van der Waals surface area contributed by atoms with Gasteiger partial charge in [-0.15, -0.1) is 0 Å². The molecule has 27 heavy (non-hydrogen) atoms. The molecule has 0 saturated heterocycles. The van der Waals surface area contributed by atoms with Gasteiger partial charge in [0.05, 0.1) is 24.0 Å². The fourth-order valence-electron chi connectivity index (χ4n) is 3.45. The van der Waals surface area contributed by atoms with Gasteiger partial charge in [-0.1, -0.05) is 61.9 Å². The van der Waals surface area contributed by atoms with E-state index in [1.54, 1.807) is 19.1 Å². The summed E-state index contributed by atoms with van der Waals surface area (Å²) in [4.78, 5) is 12.7. The van der Waals surface area contributed by atoms with Crippen molar-refractivity contribution < 1.29 is 17.9 Å². The van der Waals surface area contributed by atoms with Crippen LogP contribution in [0.4, 0.5) is 0 Å². The molecule has 0 spiro atoms. The van der Waals surface area contributed by atoms with Crippen LogP contribution in [0.3, 0.4) is 0 Å². The number of carbonyl (C=O) groups excluding carboxylic acids is 1. The number of rotatable bonds is 7. The molecule has 2 aromatic rings. The van der Waals surface area contributed by atoms with E-state index in [-0.39, 0.29) is 18.9 Å². The third-order valence-corrected chi connectivity index (χ3v) is 6.89. The van der Waals surface area contributed by atoms with Crippen molar-refractivity contribution in [2.75, 3.05) is 6.61 Å². The number of nitrogens with zero attached hydrogens (tertiary/aromatic N) is 1. The number of ether oxygens (including phenoxy) is 1. The summed E-state index contributed by atoms with van der Waals surface area (Å²) in [6.07, 6.45) is 1.76. The molecule has 1 aliphatic rings. The molecule has 144 valence electrons. The fourth-order valence-corrected chi connectivity index (χ4v) is 5.50. The molecule has 0 fully saturated rings. The number of unbranched alkanes of at least 4 members (excludes halogenated alkanes) is 1. The number of fused-ring (bicyclic) bond motifs is 1. The van der Waals surface area contributed by atoms with Crippen molar-refractivity contribution >= 4 is 16.0 Å². The molecule has 1 aliphatic heterocycles. The lowest BCUT2D eigenvalue weighted by Crippen LogP contribution is -2.30. The Kier molecular flexibility index (Phi) is 5.97. The molecule has 2 aromatic carbocycles. The van der Waals surface area contributed by atoms with Crippen LogP contribution in [0.25, 0.3) is 0 Å². The van der Waals surface area contributed by atoms with E-state index in [1.165, 1.54) is 4.31 Å². The summed E-state index contributed by atoms with van der Waals surface area (Å²) in [6.45, 7) is 4.41. The Bertz CT molecular complexity index is 909. The molecule has 0 aromatic heterocycles. The van der Waals surface area contributed by atoms with Crippen molar-refractivity contribution in [3.63, 3.8) is 0 Å². The van der Waals surface area contributed by atoms with E-state index >= 15 is 0 Å². The van der Waals surface area contributed by atoms with Crippen LogP contribution in [0.2, 0.25) is 0 Å². The predicted molar refractivity (Wildman–Crippen MR) is 104 cm³/mol. The largest absolute Gasteiger partial charge is 0.466 e. The first-order valence-electron chi connectivity index (χ1n) is 9.26. The zero-order valence-electron chi connectivity index (χ0n) is 15.7. The maximum atomic E-state index is 13.2. The molecule has 1 heterocycles. The lowest BCUT2D eigenvalue weighted by Gasteiger charge is -2.23. The maximum Gasteiger partial charge on any atom is 0.307 e. The van der Waals surface area contributed by atoms with Crippen molar-refractivity contribution in [3.05, 3.63) is 65.2 Å². The van der Waals surface area contributed by atoms with Crippen LogP contribution < -0.4 is 0 Å². The molecule has 0 amide bonds. The molecule has 1 unspecified atom stereocenters. The first-order valence-corrected chi connectivity index (χ1v) is 10.7. The van der Waals surface area contributed by atoms with Crippen LogP contribution in [0.5, 0.6) is 0 Å². The Morgan fingerprint density at radius 2 is 1.85 bits per heavy atom. The molecule has 3 rings (SSSR count). The summed E-state index contributed by atoms with van der Waals surface area (Å²) in [7, 11) is -3.67. The van der Waals surface area contributed by atoms with E-state index < -0.39 is 16.1 Å². The fraction of sp³-hybridized carbons (Fsp3) is 0.381. The lowest BCUT2D eigenvalue weighted by atomic mass is 10.0. The summed E-state index contributed by atoms with van der Waals surface area (Å²) >= 11 is 0. The molecule has 5 nitrogen and oxygen atoms in total. The van der Waals surface area contributed by atoms with Gasteiger partial charge in [-0.05, 0) is 30.0 Å². The predicted octanol–water partition coefficient (Wildman–Crippen LogP) is 3.97. The second-order valence-electron chi connectivity index (χ2n) is 6.82. The lowest BCUT2D eigenvalue weighted by molar-refractivity contribution is -0.144. The van der Waals surface area contributed by atoms with Crippen LogP contribution in [0, 0.1) is 6.92 Å². The van der Waals surface area contributed by atoms with E-state index in [1.807, 2.05) is 43.3 Å². The van der Waals surface area contributed by atoms with E-state index in [4.69, 9.17) is 4.74 Å². The van der Waals surface area contributed by atoms with Crippen molar-refractivity contribution in [1.82, 2.24) is 4.31 Å². The molecule has 6 heteroatoms. The molecular formula is C21H25NO4S. The Labute approximate surface area is 161 Å². The standard InChI is InChI=1S/C21H25NO4S/c1-3-4-13-26-20(23)14-19-18-12-8-9-16(2)21(18)27(24,25)22(19)15-17-10-6-5-7-11-17/h5-12,19H,3-4,13-15H2,1-2H3. The molecular weight excluding hydrogens is 362 g/mol. The minimum Gasteiger partial charge on any atom is -0.466 e. The second-order valence-corrected chi connectivity index (χ2v) is 8.65. The SMILES string of the molecule is CCCCOC(=O)CC1c2cccc(C)c2S(=O)(=O)N1Cc1ccccc1. The summed E-state index contributed by atoms with van der Waals surface area (Å²) in [5.74, 6) is -0.365. The van der Waals surface area contributed by atoms with E-state index in [2.05, 4.69) is 0 Å². The monoisotopic (exact) mass is 387 g/mol. The van der Waals surface area contributed by atoms with Gasteiger partial charge in [-0.2, -0.15) is 4.31 Å². The molecule has 0 radical (unpaired) electrons. The number of sulfonamides is 1. The van der Waals surface area contributed by atoms with Gasteiger partial charge >= 0.3 is 5.97 Å². The van der Waals surface area contributed by atoms with E-state index in [0.29, 0.717) is 22.6 Å². The minimum absolute atomic E-state index is 0.0201. The Morgan fingerprint density at radius 1 is 1.11 bits per heavy atom. The third-order valence-electron chi connectivity index (χ3n) is 4.82. The van der Waals surface area contributed by atoms with Crippen LogP contribution in [0.15, 0.2) is 53.4 Å². The van der Waals surface area contributed by atoms with Crippen LogP contribution in [0.1, 0.15) is 48.9 Å². The van der Waals surface area contributed by atoms with Gasteiger partial charge < -0.3 is 4.74 Å². The average molecular weight is 388 g/mol.